The maximum atomic E-state index is 12.2. The Labute approximate surface area is 131 Å². The Balaban J connectivity index is 1.96. The van der Waals surface area contributed by atoms with Crippen LogP contribution in [0.25, 0.3) is 0 Å². The summed E-state index contributed by atoms with van der Waals surface area (Å²) >= 11 is 0. The molecule has 1 aliphatic heterocycles. The Morgan fingerprint density at radius 2 is 1.68 bits per heavy atom. The molecule has 0 spiro atoms. The molecule has 0 saturated carbocycles. The lowest BCUT2D eigenvalue weighted by molar-refractivity contribution is -0.130. The van der Waals surface area contributed by atoms with Crippen LogP contribution in [0.1, 0.15) is 6.92 Å². The molecular weight excluding hydrogens is 304 g/mol. The van der Waals surface area contributed by atoms with Gasteiger partial charge in [-0.05, 0) is 31.2 Å². The van der Waals surface area contributed by atoms with Crippen molar-refractivity contribution >= 4 is 21.4 Å². The normalized spacial score (nSPS) is 17.2. The molecule has 1 saturated heterocycles. The van der Waals surface area contributed by atoms with Crippen LogP contribution in [0.3, 0.4) is 0 Å². The molecule has 1 atom stereocenters. The average Bonchev–Trinajstić information content (AvgIpc) is 2.53. The number of hydrogen-bond acceptors (Lipinski definition) is 5. The van der Waals surface area contributed by atoms with Gasteiger partial charge in [-0.1, -0.05) is 0 Å². The fourth-order valence-electron chi connectivity index (χ4n) is 2.42. The van der Waals surface area contributed by atoms with Crippen LogP contribution in [-0.2, 0) is 14.6 Å². The van der Waals surface area contributed by atoms with Crippen LogP contribution in [0.15, 0.2) is 24.3 Å². The van der Waals surface area contributed by atoms with Gasteiger partial charge in [0.15, 0.2) is 9.84 Å². The predicted octanol–water partition coefficient (Wildman–Crippen LogP) is 0.777. The largest absolute Gasteiger partial charge is 0.497 e. The van der Waals surface area contributed by atoms with Crippen LogP contribution in [0, 0.1) is 0 Å². The number of rotatable bonds is 4. The average molecular weight is 326 g/mol. The molecule has 122 valence electrons. The van der Waals surface area contributed by atoms with Crippen molar-refractivity contribution in [2.45, 2.75) is 12.2 Å². The lowest BCUT2D eigenvalue weighted by Gasteiger charge is -2.37. The minimum atomic E-state index is -3.34. The number of piperazine rings is 1. The van der Waals surface area contributed by atoms with Crippen molar-refractivity contribution in [3.63, 3.8) is 0 Å². The Morgan fingerprint density at radius 1 is 1.14 bits per heavy atom. The number of benzene rings is 1. The first-order chi connectivity index (χ1) is 10.3. The zero-order chi connectivity index (χ0) is 16.3. The maximum Gasteiger partial charge on any atom is 0.240 e. The minimum Gasteiger partial charge on any atom is -0.497 e. The second kappa shape index (κ2) is 6.56. The molecule has 2 rings (SSSR count). The van der Waals surface area contributed by atoms with Gasteiger partial charge >= 0.3 is 0 Å². The molecule has 1 aromatic rings. The summed E-state index contributed by atoms with van der Waals surface area (Å²) in [6.45, 7) is 3.89. The lowest BCUT2D eigenvalue weighted by Crippen LogP contribution is -2.52. The fourth-order valence-corrected chi connectivity index (χ4v) is 2.93. The lowest BCUT2D eigenvalue weighted by atomic mass is 10.2. The number of anilines is 1. The summed E-state index contributed by atoms with van der Waals surface area (Å²) in [4.78, 5) is 16.0. The molecule has 22 heavy (non-hydrogen) atoms. The highest BCUT2D eigenvalue weighted by atomic mass is 32.2. The molecule has 1 fully saturated rings. The second-order valence-corrected chi connectivity index (χ2v) is 7.85. The minimum absolute atomic E-state index is 0.308. The molecule has 0 bridgehead atoms. The van der Waals surface area contributed by atoms with E-state index in [9.17, 15) is 13.2 Å². The van der Waals surface area contributed by atoms with Gasteiger partial charge in [-0.15, -0.1) is 0 Å². The van der Waals surface area contributed by atoms with Crippen LogP contribution in [0.5, 0.6) is 5.75 Å². The van der Waals surface area contributed by atoms with Gasteiger partial charge in [-0.25, -0.2) is 8.42 Å². The summed E-state index contributed by atoms with van der Waals surface area (Å²) in [6, 6.07) is 7.77. The monoisotopic (exact) mass is 326 g/mol. The van der Waals surface area contributed by atoms with E-state index in [2.05, 4.69) is 4.90 Å². The highest BCUT2D eigenvalue weighted by molar-refractivity contribution is 7.92. The van der Waals surface area contributed by atoms with Crippen molar-refractivity contribution in [2.75, 3.05) is 44.4 Å². The number of hydrogen-bond donors (Lipinski definition) is 0. The van der Waals surface area contributed by atoms with E-state index in [4.69, 9.17) is 4.74 Å². The first-order valence-electron chi connectivity index (χ1n) is 7.19. The van der Waals surface area contributed by atoms with E-state index in [1.807, 2.05) is 24.3 Å². The van der Waals surface area contributed by atoms with E-state index in [0.717, 1.165) is 17.7 Å². The number of ether oxygens (including phenoxy) is 1. The molecule has 0 aliphatic carbocycles. The highest BCUT2D eigenvalue weighted by Crippen LogP contribution is 2.20. The third-order valence-corrected chi connectivity index (χ3v) is 5.51. The van der Waals surface area contributed by atoms with E-state index in [0.29, 0.717) is 26.2 Å². The standard InChI is InChI=1S/C15H22N2O4S/c1-12(22(3,19)20)15(18)17-10-8-16(9-11-17)13-4-6-14(21-2)7-5-13/h4-7,12H,8-11H2,1-3H3. The van der Waals surface area contributed by atoms with E-state index >= 15 is 0 Å². The van der Waals surface area contributed by atoms with Crippen LogP contribution in [-0.4, -0.2) is 64.0 Å². The molecule has 0 radical (unpaired) electrons. The zero-order valence-electron chi connectivity index (χ0n) is 13.2. The maximum absolute atomic E-state index is 12.2. The number of nitrogens with zero attached hydrogens (tertiary/aromatic N) is 2. The number of amides is 1. The fraction of sp³-hybridized carbons (Fsp3) is 0.533. The summed E-state index contributed by atoms with van der Waals surface area (Å²) in [6.07, 6.45) is 1.10. The summed E-state index contributed by atoms with van der Waals surface area (Å²) in [5.41, 5.74) is 1.07. The number of methoxy groups -OCH3 is 1. The molecule has 1 aliphatic rings. The van der Waals surface area contributed by atoms with E-state index in [1.165, 1.54) is 6.92 Å². The van der Waals surface area contributed by atoms with Gasteiger partial charge in [-0.3, -0.25) is 4.79 Å². The van der Waals surface area contributed by atoms with Crippen LogP contribution >= 0.6 is 0 Å². The third-order valence-electron chi connectivity index (χ3n) is 4.02. The zero-order valence-corrected chi connectivity index (χ0v) is 14.0. The Bertz CT molecular complexity index is 619. The molecule has 0 aromatic heterocycles. The topological polar surface area (TPSA) is 66.9 Å². The third kappa shape index (κ3) is 3.71. The van der Waals surface area contributed by atoms with Crippen LogP contribution in [0.4, 0.5) is 5.69 Å². The van der Waals surface area contributed by atoms with Gasteiger partial charge < -0.3 is 14.5 Å². The molecule has 1 heterocycles. The molecule has 1 aromatic carbocycles. The van der Waals surface area contributed by atoms with Gasteiger partial charge in [0.25, 0.3) is 0 Å². The van der Waals surface area contributed by atoms with Gasteiger partial charge in [-0.2, -0.15) is 0 Å². The van der Waals surface area contributed by atoms with Crippen molar-refractivity contribution in [1.82, 2.24) is 4.90 Å². The highest BCUT2D eigenvalue weighted by Gasteiger charge is 2.30. The first kappa shape index (κ1) is 16.6. The quantitative estimate of drug-likeness (QED) is 0.818. The van der Waals surface area contributed by atoms with Gasteiger partial charge in [0.1, 0.15) is 11.0 Å². The van der Waals surface area contributed by atoms with Crippen molar-refractivity contribution in [3.05, 3.63) is 24.3 Å². The van der Waals surface area contributed by atoms with Crippen LogP contribution < -0.4 is 9.64 Å². The number of sulfone groups is 1. The van der Waals surface area contributed by atoms with Gasteiger partial charge in [0.05, 0.1) is 7.11 Å². The van der Waals surface area contributed by atoms with E-state index in [-0.39, 0.29) is 5.91 Å². The summed E-state index contributed by atoms with van der Waals surface area (Å²) in [5, 5.41) is -0.972. The molecule has 0 N–H and O–H groups in total. The molecule has 7 heteroatoms. The van der Waals surface area contributed by atoms with Gasteiger partial charge in [0, 0.05) is 38.1 Å². The number of carbonyl (C=O) groups excluding carboxylic acids is 1. The Kier molecular flexibility index (Phi) is 4.95. The molecule has 6 nitrogen and oxygen atoms in total. The summed E-state index contributed by atoms with van der Waals surface area (Å²) < 4.78 is 28.1. The van der Waals surface area contributed by atoms with Crippen molar-refractivity contribution in [3.8, 4) is 5.75 Å². The Hall–Kier alpha value is -1.76. The van der Waals surface area contributed by atoms with Crippen molar-refractivity contribution < 1.29 is 17.9 Å². The molecule has 1 amide bonds. The van der Waals surface area contributed by atoms with E-state index < -0.39 is 15.1 Å². The van der Waals surface area contributed by atoms with Gasteiger partial charge in [0.2, 0.25) is 5.91 Å². The first-order valence-corrected chi connectivity index (χ1v) is 9.15. The smallest absolute Gasteiger partial charge is 0.240 e. The number of carbonyl (C=O) groups is 1. The van der Waals surface area contributed by atoms with E-state index in [1.54, 1.807) is 12.0 Å². The second-order valence-electron chi connectivity index (χ2n) is 5.48. The predicted molar refractivity (Wildman–Crippen MR) is 86.1 cm³/mol. The summed E-state index contributed by atoms with van der Waals surface area (Å²) in [5.74, 6) is 0.497. The van der Waals surface area contributed by atoms with Crippen LogP contribution in [0.2, 0.25) is 0 Å². The Morgan fingerprint density at radius 3 is 2.14 bits per heavy atom. The summed E-state index contributed by atoms with van der Waals surface area (Å²) in [7, 11) is -1.72. The van der Waals surface area contributed by atoms with Crippen molar-refractivity contribution in [2.24, 2.45) is 0 Å². The van der Waals surface area contributed by atoms with Crippen molar-refractivity contribution in [1.29, 1.82) is 0 Å². The molecule has 1 unspecified atom stereocenters. The SMILES string of the molecule is COc1ccc(N2CCN(C(=O)C(C)S(C)(=O)=O)CC2)cc1. The molecular formula is C15H22N2O4S.